The second-order valence-electron chi connectivity index (χ2n) is 4.41. The summed E-state index contributed by atoms with van der Waals surface area (Å²) >= 11 is 0. The van der Waals surface area contributed by atoms with Gasteiger partial charge in [0.15, 0.2) is 5.82 Å². The molecule has 0 unspecified atom stereocenters. The smallest absolute Gasteiger partial charge is 0.273 e. The van der Waals surface area contributed by atoms with Gasteiger partial charge in [0.1, 0.15) is 5.71 Å². The van der Waals surface area contributed by atoms with Crippen LogP contribution in [-0.4, -0.2) is 27.7 Å². The van der Waals surface area contributed by atoms with Crippen molar-refractivity contribution < 1.29 is 9.59 Å². The van der Waals surface area contributed by atoms with Gasteiger partial charge in [-0.25, -0.2) is 5.43 Å². The number of hydrogen-bond donors (Lipinski definition) is 3. The van der Waals surface area contributed by atoms with Gasteiger partial charge in [0, 0.05) is 24.6 Å². The third-order valence-corrected chi connectivity index (χ3v) is 2.63. The number of hydrogen-bond acceptors (Lipinski definition) is 4. The molecule has 1 aromatic rings. The Labute approximate surface area is 104 Å². The van der Waals surface area contributed by atoms with Crippen LogP contribution in [0.5, 0.6) is 0 Å². The van der Waals surface area contributed by atoms with Crippen molar-refractivity contribution in [2.75, 3.05) is 5.32 Å². The van der Waals surface area contributed by atoms with Crippen molar-refractivity contribution in [1.82, 2.24) is 15.6 Å². The van der Waals surface area contributed by atoms with Crippen molar-refractivity contribution in [2.45, 2.75) is 32.6 Å². The van der Waals surface area contributed by atoms with E-state index < -0.39 is 0 Å². The molecule has 7 nitrogen and oxygen atoms in total. The van der Waals surface area contributed by atoms with Crippen LogP contribution >= 0.6 is 0 Å². The molecule has 7 heteroatoms. The Morgan fingerprint density at radius 2 is 2.22 bits per heavy atom. The molecule has 0 aromatic carbocycles. The number of aromatic amines is 1. The lowest BCUT2D eigenvalue weighted by molar-refractivity contribution is -0.121. The summed E-state index contributed by atoms with van der Waals surface area (Å²) in [5, 5.41) is 13.2. The zero-order chi connectivity index (χ0) is 13.1. The fourth-order valence-corrected chi connectivity index (χ4v) is 1.52. The second kappa shape index (κ2) is 4.99. The number of amides is 2. The normalized spacial score (nSPS) is 15.3. The molecule has 18 heavy (non-hydrogen) atoms. The summed E-state index contributed by atoms with van der Waals surface area (Å²) < 4.78 is 0. The molecular weight excluding hydrogens is 234 g/mol. The van der Waals surface area contributed by atoms with E-state index in [2.05, 4.69) is 26.0 Å². The van der Waals surface area contributed by atoms with E-state index >= 15 is 0 Å². The molecule has 3 N–H and O–H groups in total. The number of carbonyl (C=O) groups excluding carboxylic acids is 2. The number of aromatic nitrogens is 2. The quantitative estimate of drug-likeness (QED) is 0.736. The number of anilines is 1. The molecule has 0 radical (unpaired) electrons. The van der Waals surface area contributed by atoms with Gasteiger partial charge in [0.25, 0.3) is 5.91 Å². The van der Waals surface area contributed by atoms with E-state index in [9.17, 15) is 9.59 Å². The Bertz CT molecular complexity index is 503. The minimum absolute atomic E-state index is 0.173. The molecule has 0 bridgehead atoms. The zero-order valence-corrected chi connectivity index (χ0v) is 10.3. The van der Waals surface area contributed by atoms with E-state index in [4.69, 9.17) is 0 Å². The lowest BCUT2D eigenvalue weighted by Crippen LogP contribution is -2.32. The van der Waals surface area contributed by atoms with Gasteiger partial charge < -0.3 is 5.32 Å². The van der Waals surface area contributed by atoms with Crippen molar-refractivity contribution in [3.63, 3.8) is 0 Å². The highest BCUT2D eigenvalue weighted by atomic mass is 16.2. The van der Waals surface area contributed by atoms with E-state index in [-0.39, 0.29) is 18.2 Å². The molecular formula is C11H15N5O2. The Morgan fingerprint density at radius 3 is 2.78 bits per heavy atom. The summed E-state index contributed by atoms with van der Waals surface area (Å²) in [6.45, 7) is 4.06. The summed E-state index contributed by atoms with van der Waals surface area (Å²) in [7, 11) is 0. The number of carbonyl (C=O) groups is 2. The van der Waals surface area contributed by atoms with Crippen molar-refractivity contribution in [3.05, 3.63) is 11.8 Å². The van der Waals surface area contributed by atoms with Crippen LogP contribution in [0.25, 0.3) is 0 Å². The molecule has 0 saturated heterocycles. The topological polar surface area (TPSA) is 99.2 Å². The SMILES string of the molecule is CC(C)c1cc(NC(=O)C2=NNC(=O)CC2)n[nH]1. The number of H-pyrrole nitrogens is 1. The maximum absolute atomic E-state index is 11.8. The van der Waals surface area contributed by atoms with Gasteiger partial charge >= 0.3 is 0 Å². The van der Waals surface area contributed by atoms with Crippen LogP contribution < -0.4 is 10.7 Å². The zero-order valence-electron chi connectivity index (χ0n) is 10.3. The first kappa shape index (κ1) is 12.3. The van der Waals surface area contributed by atoms with Crippen molar-refractivity contribution >= 4 is 23.3 Å². The molecule has 0 aliphatic carbocycles. The van der Waals surface area contributed by atoms with Gasteiger partial charge in [-0.15, -0.1) is 0 Å². The molecule has 96 valence electrons. The summed E-state index contributed by atoms with van der Waals surface area (Å²) in [6.07, 6.45) is 0.628. The first-order valence-electron chi connectivity index (χ1n) is 5.78. The highest BCUT2D eigenvalue weighted by Gasteiger charge is 2.19. The molecule has 2 rings (SSSR count). The van der Waals surface area contributed by atoms with Crippen LogP contribution in [0.1, 0.15) is 38.3 Å². The van der Waals surface area contributed by atoms with Gasteiger partial charge in [-0.2, -0.15) is 10.2 Å². The minimum atomic E-state index is -0.336. The van der Waals surface area contributed by atoms with Crippen molar-refractivity contribution in [2.24, 2.45) is 5.10 Å². The van der Waals surface area contributed by atoms with Gasteiger partial charge in [0.2, 0.25) is 5.91 Å². The largest absolute Gasteiger partial charge is 0.304 e. The summed E-state index contributed by atoms with van der Waals surface area (Å²) in [4.78, 5) is 22.7. The van der Waals surface area contributed by atoms with E-state index in [1.165, 1.54) is 0 Å². The van der Waals surface area contributed by atoms with Gasteiger partial charge in [-0.1, -0.05) is 13.8 Å². The number of hydrazone groups is 1. The lowest BCUT2D eigenvalue weighted by Gasteiger charge is -2.10. The molecule has 0 atom stereocenters. The van der Waals surface area contributed by atoms with Crippen LogP contribution in [0.3, 0.4) is 0 Å². The number of nitrogens with zero attached hydrogens (tertiary/aromatic N) is 2. The summed E-state index contributed by atoms with van der Waals surface area (Å²) in [5.41, 5.74) is 3.54. The Morgan fingerprint density at radius 1 is 1.44 bits per heavy atom. The molecule has 1 aromatic heterocycles. The van der Waals surface area contributed by atoms with Crippen LogP contribution in [0.2, 0.25) is 0 Å². The van der Waals surface area contributed by atoms with Crippen LogP contribution in [0, 0.1) is 0 Å². The third kappa shape index (κ3) is 2.73. The maximum Gasteiger partial charge on any atom is 0.273 e. The molecule has 1 aliphatic rings. The fourth-order valence-electron chi connectivity index (χ4n) is 1.52. The average Bonchev–Trinajstić information content (AvgIpc) is 2.78. The monoisotopic (exact) mass is 249 g/mol. The first-order chi connectivity index (χ1) is 8.56. The van der Waals surface area contributed by atoms with Crippen LogP contribution in [0.15, 0.2) is 11.2 Å². The fraction of sp³-hybridized carbons (Fsp3) is 0.455. The van der Waals surface area contributed by atoms with E-state index in [0.29, 0.717) is 23.9 Å². The van der Waals surface area contributed by atoms with Gasteiger partial charge in [-0.05, 0) is 5.92 Å². The highest BCUT2D eigenvalue weighted by molar-refractivity contribution is 6.43. The summed E-state index contributed by atoms with van der Waals surface area (Å²) in [6, 6.07) is 1.78. The minimum Gasteiger partial charge on any atom is -0.304 e. The summed E-state index contributed by atoms with van der Waals surface area (Å²) in [5.74, 6) is 0.267. The van der Waals surface area contributed by atoms with E-state index in [0.717, 1.165) is 5.69 Å². The standard InChI is InChI=1S/C11H15N5O2/c1-6(2)8-5-9(15-14-8)12-11(18)7-3-4-10(17)16-13-7/h5-6H,3-4H2,1-2H3,(H,16,17)(H2,12,14,15,18). The van der Waals surface area contributed by atoms with E-state index in [1.54, 1.807) is 6.07 Å². The Kier molecular flexibility index (Phi) is 3.40. The van der Waals surface area contributed by atoms with E-state index in [1.807, 2.05) is 13.8 Å². The lowest BCUT2D eigenvalue weighted by atomic mass is 10.1. The predicted molar refractivity (Wildman–Crippen MR) is 66.1 cm³/mol. The van der Waals surface area contributed by atoms with Gasteiger partial charge in [-0.3, -0.25) is 14.7 Å². The number of nitrogens with one attached hydrogen (secondary N) is 3. The number of rotatable bonds is 3. The Hall–Kier alpha value is -2.18. The molecule has 2 amide bonds. The van der Waals surface area contributed by atoms with Crippen LogP contribution in [0.4, 0.5) is 5.82 Å². The van der Waals surface area contributed by atoms with Crippen LogP contribution in [-0.2, 0) is 9.59 Å². The molecule has 1 aliphatic heterocycles. The molecule has 0 spiro atoms. The second-order valence-corrected chi connectivity index (χ2v) is 4.41. The van der Waals surface area contributed by atoms with Crippen molar-refractivity contribution in [3.8, 4) is 0 Å². The third-order valence-electron chi connectivity index (χ3n) is 2.63. The van der Waals surface area contributed by atoms with Gasteiger partial charge in [0.05, 0.1) is 0 Å². The Balaban J connectivity index is 2.00. The highest BCUT2D eigenvalue weighted by Crippen LogP contribution is 2.15. The average molecular weight is 249 g/mol. The molecule has 0 saturated carbocycles. The maximum atomic E-state index is 11.8. The van der Waals surface area contributed by atoms with Crippen molar-refractivity contribution in [1.29, 1.82) is 0 Å². The molecule has 2 heterocycles. The first-order valence-corrected chi connectivity index (χ1v) is 5.78. The molecule has 0 fully saturated rings. The predicted octanol–water partition coefficient (Wildman–Crippen LogP) is 0.738.